The number of fused-ring (bicyclic) bond motifs is 1. The van der Waals surface area contributed by atoms with E-state index in [1.165, 1.54) is 4.90 Å². The van der Waals surface area contributed by atoms with Crippen molar-refractivity contribution >= 4 is 11.8 Å². The van der Waals surface area contributed by atoms with Gasteiger partial charge in [0.1, 0.15) is 0 Å². The number of nitrogens with zero attached hydrogens (tertiary/aromatic N) is 2. The summed E-state index contributed by atoms with van der Waals surface area (Å²) in [6, 6.07) is 31.8. The summed E-state index contributed by atoms with van der Waals surface area (Å²) >= 11 is 0. The van der Waals surface area contributed by atoms with Crippen LogP contribution in [0, 0.1) is 5.92 Å². The third kappa shape index (κ3) is 6.40. The lowest BCUT2D eigenvalue weighted by atomic mass is 9.89. The lowest BCUT2D eigenvalue weighted by Crippen LogP contribution is -2.46. The molecular weight excluding hydrogens is 580 g/mol. The Kier molecular flexibility index (Phi) is 9.44. The van der Waals surface area contributed by atoms with Crippen molar-refractivity contribution in [3.63, 3.8) is 0 Å². The van der Waals surface area contributed by atoms with Crippen molar-refractivity contribution in [2.45, 2.75) is 57.6 Å². The molecule has 1 fully saturated rings. The van der Waals surface area contributed by atoms with Crippen LogP contribution >= 0.6 is 0 Å². The van der Waals surface area contributed by atoms with Crippen LogP contribution in [0.3, 0.4) is 0 Å². The Balaban J connectivity index is 1.21. The molecule has 8 heteroatoms. The summed E-state index contributed by atoms with van der Waals surface area (Å²) in [7, 11) is 2.00. The number of aliphatic hydroxyl groups is 2. The van der Waals surface area contributed by atoms with Gasteiger partial charge < -0.3 is 19.7 Å². The van der Waals surface area contributed by atoms with Gasteiger partial charge in [0.15, 0.2) is 6.29 Å². The van der Waals surface area contributed by atoms with E-state index in [1.807, 2.05) is 92.8 Å². The second-order valence-electron chi connectivity index (χ2n) is 12.3. The molecule has 4 aromatic carbocycles. The molecule has 6 rings (SSSR count). The molecule has 2 heterocycles. The normalized spacial score (nSPS) is 22.6. The molecule has 0 aliphatic carbocycles. The van der Waals surface area contributed by atoms with Crippen molar-refractivity contribution in [3.8, 4) is 0 Å². The Morgan fingerprint density at radius 2 is 1.35 bits per heavy atom. The first-order valence-corrected chi connectivity index (χ1v) is 15.7. The molecule has 2 N–H and O–H groups in total. The highest BCUT2D eigenvalue weighted by molar-refractivity contribution is 6.21. The minimum absolute atomic E-state index is 0.0205. The van der Waals surface area contributed by atoms with E-state index in [0.29, 0.717) is 17.7 Å². The number of amides is 2. The fourth-order valence-electron chi connectivity index (χ4n) is 6.29. The third-order valence-electron chi connectivity index (χ3n) is 9.36. The fraction of sp³-hybridized carbons (Fsp3) is 0.316. The van der Waals surface area contributed by atoms with Crippen LogP contribution in [0.15, 0.2) is 103 Å². The SMILES string of the molecule is C[C@H]1[C@@H](CN(C)[C@@H](C)[C@H](O)c2ccccc2)O[C@@H](c2ccc(CN3C(=O)c4ccccc4C3=O)cc2)O[C@H]1c1ccc(CO)cc1. The largest absolute Gasteiger partial charge is 0.392 e. The van der Waals surface area contributed by atoms with Crippen molar-refractivity contribution in [3.05, 3.63) is 142 Å². The average molecular weight is 621 g/mol. The number of ether oxygens (including phenoxy) is 2. The maximum Gasteiger partial charge on any atom is 0.261 e. The summed E-state index contributed by atoms with van der Waals surface area (Å²) in [5.41, 5.74) is 5.19. The van der Waals surface area contributed by atoms with E-state index >= 15 is 0 Å². The molecule has 0 spiro atoms. The van der Waals surface area contributed by atoms with E-state index in [1.54, 1.807) is 24.3 Å². The summed E-state index contributed by atoms with van der Waals surface area (Å²) in [5, 5.41) is 20.7. The van der Waals surface area contributed by atoms with Gasteiger partial charge in [-0.1, -0.05) is 97.9 Å². The van der Waals surface area contributed by atoms with Gasteiger partial charge in [0.2, 0.25) is 0 Å². The topological polar surface area (TPSA) is 99.5 Å². The van der Waals surface area contributed by atoms with E-state index in [-0.39, 0.29) is 49.1 Å². The van der Waals surface area contributed by atoms with Gasteiger partial charge in [0, 0.05) is 24.1 Å². The number of carbonyl (C=O) groups is 2. The molecule has 8 nitrogen and oxygen atoms in total. The maximum atomic E-state index is 12.9. The van der Waals surface area contributed by atoms with Crippen molar-refractivity contribution in [1.82, 2.24) is 9.80 Å². The minimum Gasteiger partial charge on any atom is -0.392 e. The van der Waals surface area contributed by atoms with Crippen LogP contribution in [-0.4, -0.2) is 57.6 Å². The number of benzene rings is 4. The second-order valence-corrected chi connectivity index (χ2v) is 12.3. The third-order valence-corrected chi connectivity index (χ3v) is 9.36. The van der Waals surface area contributed by atoms with Gasteiger partial charge in [0.05, 0.1) is 42.6 Å². The number of hydrogen-bond donors (Lipinski definition) is 2. The Morgan fingerprint density at radius 3 is 1.96 bits per heavy atom. The summed E-state index contributed by atoms with van der Waals surface area (Å²) < 4.78 is 13.2. The zero-order chi connectivity index (χ0) is 32.4. The lowest BCUT2D eigenvalue weighted by Gasteiger charge is -2.43. The summed E-state index contributed by atoms with van der Waals surface area (Å²) in [5.74, 6) is -0.592. The van der Waals surface area contributed by atoms with Crippen LogP contribution in [-0.2, 0) is 22.6 Å². The van der Waals surface area contributed by atoms with Gasteiger partial charge in [0.25, 0.3) is 11.8 Å². The molecule has 6 atom stereocenters. The first-order chi connectivity index (χ1) is 22.2. The van der Waals surface area contributed by atoms with E-state index in [0.717, 1.165) is 27.8 Å². The molecular formula is C38H40N2O6. The number of likely N-dealkylation sites (N-methyl/N-ethyl adjacent to an activating group) is 1. The first kappa shape index (κ1) is 31.8. The lowest BCUT2D eigenvalue weighted by molar-refractivity contribution is -0.276. The van der Waals surface area contributed by atoms with Gasteiger partial charge in [-0.25, -0.2) is 0 Å². The highest BCUT2D eigenvalue weighted by Crippen LogP contribution is 2.42. The molecule has 2 aliphatic heterocycles. The molecule has 1 saturated heterocycles. The van der Waals surface area contributed by atoms with E-state index in [2.05, 4.69) is 11.8 Å². The zero-order valence-corrected chi connectivity index (χ0v) is 26.3. The number of imide groups is 1. The molecule has 0 aromatic heterocycles. The molecule has 4 aromatic rings. The highest BCUT2D eigenvalue weighted by atomic mass is 16.7. The Bertz CT molecular complexity index is 1620. The quantitative estimate of drug-likeness (QED) is 0.216. The van der Waals surface area contributed by atoms with Gasteiger partial charge in [-0.05, 0) is 48.4 Å². The molecule has 238 valence electrons. The van der Waals surface area contributed by atoms with Gasteiger partial charge in [-0.15, -0.1) is 0 Å². The van der Waals surface area contributed by atoms with E-state index in [9.17, 15) is 19.8 Å². The van der Waals surface area contributed by atoms with Crippen LogP contribution in [0.25, 0.3) is 0 Å². The van der Waals surface area contributed by atoms with Crippen molar-refractivity contribution < 1.29 is 29.3 Å². The van der Waals surface area contributed by atoms with Crippen molar-refractivity contribution in [2.24, 2.45) is 5.92 Å². The molecule has 2 aliphatic rings. The van der Waals surface area contributed by atoms with Crippen LogP contribution in [0.2, 0.25) is 0 Å². The predicted octanol–water partition coefficient (Wildman–Crippen LogP) is 5.82. The molecule has 2 amide bonds. The van der Waals surface area contributed by atoms with Crippen LogP contribution in [0.5, 0.6) is 0 Å². The fourth-order valence-corrected chi connectivity index (χ4v) is 6.29. The number of aliphatic hydroxyl groups excluding tert-OH is 2. The average Bonchev–Trinajstić information content (AvgIpc) is 3.34. The van der Waals surface area contributed by atoms with Gasteiger partial charge >= 0.3 is 0 Å². The van der Waals surface area contributed by atoms with E-state index in [4.69, 9.17) is 9.47 Å². The predicted molar refractivity (Wildman–Crippen MR) is 174 cm³/mol. The maximum absolute atomic E-state index is 12.9. The molecule has 0 unspecified atom stereocenters. The Labute approximate surface area is 269 Å². The minimum atomic E-state index is -0.667. The first-order valence-electron chi connectivity index (χ1n) is 15.7. The Hall–Kier alpha value is -4.18. The molecule has 46 heavy (non-hydrogen) atoms. The number of carbonyl (C=O) groups excluding carboxylic acids is 2. The van der Waals surface area contributed by atoms with Crippen LogP contribution < -0.4 is 0 Å². The number of hydrogen-bond acceptors (Lipinski definition) is 7. The standard InChI is InChI=1S/C38H40N2O6/c1-24-33(22-39(3)25(2)34(42)28-9-5-4-6-10-28)45-38(46-35(24)29-17-15-27(23-41)16-18-29)30-19-13-26(14-20-30)21-40-36(43)31-11-7-8-12-32(31)37(40)44/h4-20,24-25,33-35,38,41-42H,21-23H2,1-3H3/t24-,25-,33+,34-,35+,38+/m0/s1. The van der Waals surface area contributed by atoms with Gasteiger partial charge in [-0.2, -0.15) is 0 Å². The van der Waals surface area contributed by atoms with Gasteiger partial charge in [-0.3, -0.25) is 19.4 Å². The summed E-state index contributed by atoms with van der Waals surface area (Å²) in [4.78, 5) is 29.2. The summed E-state index contributed by atoms with van der Waals surface area (Å²) in [6.45, 7) is 4.83. The Morgan fingerprint density at radius 1 is 0.783 bits per heavy atom. The van der Waals surface area contributed by atoms with Crippen LogP contribution in [0.4, 0.5) is 0 Å². The van der Waals surface area contributed by atoms with E-state index < -0.39 is 12.4 Å². The molecule has 0 bridgehead atoms. The summed E-state index contributed by atoms with van der Waals surface area (Å²) in [6.07, 6.45) is -1.83. The molecule has 0 radical (unpaired) electrons. The number of rotatable bonds is 10. The van der Waals surface area contributed by atoms with Crippen LogP contribution in [0.1, 0.15) is 80.9 Å². The highest BCUT2D eigenvalue weighted by Gasteiger charge is 2.40. The smallest absolute Gasteiger partial charge is 0.261 e. The van der Waals surface area contributed by atoms with Crippen molar-refractivity contribution in [2.75, 3.05) is 13.6 Å². The second kappa shape index (κ2) is 13.7. The molecule has 0 saturated carbocycles. The van der Waals surface area contributed by atoms with Crippen molar-refractivity contribution in [1.29, 1.82) is 0 Å². The monoisotopic (exact) mass is 620 g/mol. The zero-order valence-electron chi connectivity index (χ0n) is 26.3.